The van der Waals surface area contributed by atoms with Gasteiger partial charge in [0.25, 0.3) is 0 Å². The number of hydrogen-bond donors (Lipinski definition) is 1. The summed E-state index contributed by atoms with van der Waals surface area (Å²) in [4.78, 5) is 2.61. The SMILES string of the molecule is CC(c1ccc2c(c1)OCCO2)N1C[C@@H]2CCCN[C@@H]2C1. The fraction of sp³-hybridized carbons (Fsp3) is 0.647. The molecule has 0 saturated carbocycles. The molecule has 3 aliphatic rings. The molecule has 1 N–H and O–H groups in total. The van der Waals surface area contributed by atoms with Crippen LogP contribution in [0.4, 0.5) is 0 Å². The lowest BCUT2D eigenvalue weighted by Gasteiger charge is -2.26. The van der Waals surface area contributed by atoms with Crippen LogP contribution in [0.1, 0.15) is 31.4 Å². The fourth-order valence-electron chi connectivity index (χ4n) is 3.93. The summed E-state index contributed by atoms with van der Waals surface area (Å²) in [5.74, 6) is 2.62. The van der Waals surface area contributed by atoms with Crippen molar-refractivity contribution in [2.45, 2.75) is 31.8 Å². The third-order valence-corrected chi connectivity index (χ3v) is 5.22. The molecular formula is C17H24N2O2. The molecule has 1 unspecified atom stereocenters. The highest BCUT2D eigenvalue weighted by Crippen LogP contribution is 2.36. The molecule has 4 rings (SSSR count). The Kier molecular flexibility index (Phi) is 3.51. The number of nitrogens with zero attached hydrogens (tertiary/aromatic N) is 1. The van der Waals surface area contributed by atoms with Gasteiger partial charge in [-0.2, -0.15) is 0 Å². The second kappa shape index (κ2) is 5.50. The number of benzene rings is 1. The number of piperidine rings is 1. The smallest absolute Gasteiger partial charge is 0.161 e. The zero-order valence-corrected chi connectivity index (χ0v) is 12.7. The van der Waals surface area contributed by atoms with Gasteiger partial charge in [-0.05, 0) is 49.9 Å². The van der Waals surface area contributed by atoms with Crippen LogP contribution in [0.25, 0.3) is 0 Å². The average Bonchev–Trinajstić information content (AvgIpc) is 2.97. The lowest BCUT2D eigenvalue weighted by molar-refractivity contribution is 0.170. The van der Waals surface area contributed by atoms with Gasteiger partial charge in [0, 0.05) is 25.2 Å². The Balaban J connectivity index is 1.51. The quantitative estimate of drug-likeness (QED) is 0.904. The van der Waals surface area contributed by atoms with Gasteiger partial charge in [0.1, 0.15) is 13.2 Å². The Bertz CT molecular complexity index is 506. The van der Waals surface area contributed by atoms with Crippen molar-refractivity contribution >= 4 is 0 Å². The minimum atomic E-state index is 0.438. The van der Waals surface area contributed by atoms with Gasteiger partial charge in [-0.15, -0.1) is 0 Å². The van der Waals surface area contributed by atoms with Crippen molar-refractivity contribution < 1.29 is 9.47 Å². The van der Waals surface area contributed by atoms with E-state index >= 15 is 0 Å². The van der Waals surface area contributed by atoms with Crippen molar-refractivity contribution in [3.05, 3.63) is 23.8 Å². The van der Waals surface area contributed by atoms with Crippen LogP contribution in [0.3, 0.4) is 0 Å². The summed E-state index contributed by atoms with van der Waals surface area (Å²) in [5.41, 5.74) is 1.33. The van der Waals surface area contributed by atoms with E-state index in [-0.39, 0.29) is 0 Å². The third kappa shape index (κ3) is 2.51. The van der Waals surface area contributed by atoms with Crippen LogP contribution in [-0.4, -0.2) is 43.8 Å². The van der Waals surface area contributed by atoms with Gasteiger partial charge in [0.05, 0.1) is 0 Å². The first kappa shape index (κ1) is 13.4. The number of ether oxygens (including phenoxy) is 2. The van der Waals surface area contributed by atoms with Gasteiger partial charge in [-0.3, -0.25) is 4.90 Å². The Morgan fingerprint density at radius 1 is 1.19 bits per heavy atom. The van der Waals surface area contributed by atoms with E-state index in [1.54, 1.807) is 0 Å². The van der Waals surface area contributed by atoms with E-state index in [0.29, 0.717) is 25.3 Å². The summed E-state index contributed by atoms with van der Waals surface area (Å²) >= 11 is 0. The summed E-state index contributed by atoms with van der Waals surface area (Å²) in [5, 5.41) is 3.68. The molecule has 1 aromatic carbocycles. The molecule has 0 bridgehead atoms. The van der Waals surface area contributed by atoms with E-state index in [9.17, 15) is 0 Å². The summed E-state index contributed by atoms with van der Waals surface area (Å²) in [6.45, 7) is 7.19. The predicted molar refractivity (Wildman–Crippen MR) is 81.9 cm³/mol. The molecule has 0 radical (unpaired) electrons. The summed E-state index contributed by atoms with van der Waals surface area (Å²) < 4.78 is 11.3. The second-order valence-corrected chi connectivity index (χ2v) is 6.50. The summed E-state index contributed by atoms with van der Waals surface area (Å²) in [7, 11) is 0. The molecule has 4 heteroatoms. The molecule has 4 nitrogen and oxygen atoms in total. The van der Waals surface area contributed by atoms with Gasteiger partial charge in [-0.25, -0.2) is 0 Å². The topological polar surface area (TPSA) is 33.7 Å². The fourth-order valence-corrected chi connectivity index (χ4v) is 3.93. The first-order valence-electron chi connectivity index (χ1n) is 8.18. The molecule has 1 aromatic rings. The van der Waals surface area contributed by atoms with Crippen LogP contribution in [0.5, 0.6) is 11.5 Å². The van der Waals surface area contributed by atoms with E-state index < -0.39 is 0 Å². The standard InChI is InChI=1S/C17H24N2O2/c1-12(19-10-14-3-2-6-18-15(14)11-19)13-4-5-16-17(9-13)21-8-7-20-16/h4-5,9,12,14-15,18H,2-3,6-8,10-11H2,1H3/t12?,14-,15+/m0/s1. The van der Waals surface area contributed by atoms with E-state index in [0.717, 1.165) is 17.4 Å². The lowest BCUT2D eigenvalue weighted by Crippen LogP contribution is -2.40. The Morgan fingerprint density at radius 3 is 2.90 bits per heavy atom. The van der Waals surface area contributed by atoms with Crippen LogP contribution in [0.15, 0.2) is 18.2 Å². The minimum Gasteiger partial charge on any atom is -0.486 e. The summed E-state index contributed by atoms with van der Waals surface area (Å²) in [6.07, 6.45) is 2.70. The van der Waals surface area contributed by atoms with Crippen LogP contribution in [0.2, 0.25) is 0 Å². The zero-order valence-electron chi connectivity index (χ0n) is 12.7. The predicted octanol–water partition coefficient (Wildman–Crippen LogP) is 2.20. The van der Waals surface area contributed by atoms with E-state index in [1.807, 2.05) is 0 Å². The number of rotatable bonds is 2. The molecule has 0 aromatic heterocycles. The van der Waals surface area contributed by atoms with Crippen molar-refractivity contribution in [3.63, 3.8) is 0 Å². The highest BCUT2D eigenvalue weighted by molar-refractivity contribution is 5.44. The Hall–Kier alpha value is -1.26. The van der Waals surface area contributed by atoms with Crippen molar-refractivity contribution in [2.24, 2.45) is 5.92 Å². The summed E-state index contributed by atoms with van der Waals surface area (Å²) in [6, 6.07) is 7.54. The molecule has 21 heavy (non-hydrogen) atoms. The maximum Gasteiger partial charge on any atom is 0.161 e. The van der Waals surface area contributed by atoms with Crippen molar-refractivity contribution in [3.8, 4) is 11.5 Å². The van der Waals surface area contributed by atoms with Gasteiger partial charge in [-0.1, -0.05) is 6.07 Å². The minimum absolute atomic E-state index is 0.438. The number of hydrogen-bond acceptors (Lipinski definition) is 4. The normalized spacial score (nSPS) is 30.0. The van der Waals surface area contributed by atoms with Gasteiger partial charge >= 0.3 is 0 Å². The van der Waals surface area contributed by atoms with Crippen LogP contribution >= 0.6 is 0 Å². The highest BCUT2D eigenvalue weighted by atomic mass is 16.6. The largest absolute Gasteiger partial charge is 0.486 e. The van der Waals surface area contributed by atoms with E-state index in [2.05, 4.69) is 35.3 Å². The molecule has 114 valence electrons. The van der Waals surface area contributed by atoms with Crippen LogP contribution < -0.4 is 14.8 Å². The maximum atomic E-state index is 5.72. The number of likely N-dealkylation sites (tertiary alicyclic amines) is 1. The number of nitrogens with one attached hydrogen (secondary N) is 1. The molecule has 3 heterocycles. The van der Waals surface area contributed by atoms with E-state index in [4.69, 9.17) is 9.47 Å². The highest BCUT2D eigenvalue weighted by Gasteiger charge is 2.36. The first-order valence-corrected chi connectivity index (χ1v) is 8.18. The van der Waals surface area contributed by atoms with Crippen molar-refractivity contribution in [1.82, 2.24) is 10.2 Å². The molecule has 2 saturated heterocycles. The zero-order chi connectivity index (χ0) is 14.2. The van der Waals surface area contributed by atoms with Gasteiger partial charge in [0.2, 0.25) is 0 Å². The first-order chi connectivity index (χ1) is 10.3. The molecule has 3 atom stereocenters. The average molecular weight is 288 g/mol. The molecule has 0 amide bonds. The second-order valence-electron chi connectivity index (χ2n) is 6.50. The van der Waals surface area contributed by atoms with Crippen LogP contribution in [-0.2, 0) is 0 Å². The lowest BCUT2D eigenvalue weighted by atomic mass is 9.94. The van der Waals surface area contributed by atoms with Crippen molar-refractivity contribution in [2.75, 3.05) is 32.8 Å². The van der Waals surface area contributed by atoms with Crippen LogP contribution in [0, 0.1) is 5.92 Å². The monoisotopic (exact) mass is 288 g/mol. The third-order valence-electron chi connectivity index (χ3n) is 5.22. The molecule has 0 aliphatic carbocycles. The maximum absolute atomic E-state index is 5.72. The molecule has 3 aliphatic heterocycles. The van der Waals surface area contributed by atoms with Gasteiger partial charge < -0.3 is 14.8 Å². The Labute approximate surface area is 126 Å². The van der Waals surface area contributed by atoms with Crippen molar-refractivity contribution in [1.29, 1.82) is 0 Å². The number of fused-ring (bicyclic) bond motifs is 2. The Morgan fingerprint density at radius 2 is 2.05 bits per heavy atom. The molecular weight excluding hydrogens is 264 g/mol. The molecule has 0 spiro atoms. The van der Waals surface area contributed by atoms with E-state index in [1.165, 1.54) is 38.0 Å². The molecule has 2 fully saturated rings. The van der Waals surface area contributed by atoms with Gasteiger partial charge in [0.15, 0.2) is 11.5 Å².